The van der Waals surface area contributed by atoms with Crippen LogP contribution in [0.2, 0.25) is 0 Å². The SMILES string of the molecule is O=C(Cc1cc(F)ccc1Br)NC(C(=O)O)C1CCCOC1. The summed E-state index contributed by atoms with van der Waals surface area (Å²) in [7, 11) is 0. The molecule has 0 radical (unpaired) electrons. The number of carboxylic acids is 1. The topological polar surface area (TPSA) is 75.6 Å². The van der Waals surface area contributed by atoms with Gasteiger partial charge in [0, 0.05) is 17.0 Å². The maximum Gasteiger partial charge on any atom is 0.326 e. The van der Waals surface area contributed by atoms with Crippen LogP contribution in [-0.2, 0) is 20.7 Å². The first-order valence-electron chi connectivity index (χ1n) is 7.01. The summed E-state index contributed by atoms with van der Waals surface area (Å²) < 4.78 is 19.1. The Kier molecular flexibility index (Phi) is 5.90. The molecule has 0 aliphatic carbocycles. The van der Waals surface area contributed by atoms with Crippen molar-refractivity contribution < 1.29 is 23.8 Å². The molecule has 0 aromatic heterocycles. The molecule has 7 heteroatoms. The number of rotatable bonds is 5. The average molecular weight is 374 g/mol. The zero-order chi connectivity index (χ0) is 16.1. The highest BCUT2D eigenvalue weighted by molar-refractivity contribution is 9.10. The lowest BCUT2D eigenvalue weighted by Crippen LogP contribution is -2.48. The van der Waals surface area contributed by atoms with Crippen molar-refractivity contribution in [1.82, 2.24) is 5.32 Å². The lowest BCUT2D eigenvalue weighted by molar-refractivity contribution is -0.145. The quantitative estimate of drug-likeness (QED) is 0.828. The molecule has 1 heterocycles. The molecule has 2 atom stereocenters. The number of ether oxygens (including phenoxy) is 1. The van der Waals surface area contributed by atoms with Crippen molar-refractivity contribution in [3.05, 3.63) is 34.1 Å². The van der Waals surface area contributed by atoms with E-state index in [1.54, 1.807) is 0 Å². The van der Waals surface area contributed by atoms with Gasteiger partial charge in [0.1, 0.15) is 11.9 Å². The molecule has 1 aliphatic rings. The van der Waals surface area contributed by atoms with Gasteiger partial charge < -0.3 is 15.2 Å². The van der Waals surface area contributed by atoms with Crippen molar-refractivity contribution in [2.75, 3.05) is 13.2 Å². The molecule has 1 saturated heterocycles. The Morgan fingerprint density at radius 3 is 2.91 bits per heavy atom. The van der Waals surface area contributed by atoms with Crippen molar-refractivity contribution in [3.8, 4) is 0 Å². The van der Waals surface area contributed by atoms with E-state index >= 15 is 0 Å². The number of hydrogen-bond acceptors (Lipinski definition) is 3. The molecule has 0 spiro atoms. The third kappa shape index (κ3) is 4.51. The summed E-state index contributed by atoms with van der Waals surface area (Å²) in [5.74, 6) is -2.22. The van der Waals surface area contributed by atoms with Crippen LogP contribution in [0.1, 0.15) is 18.4 Å². The first-order chi connectivity index (χ1) is 10.5. The van der Waals surface area contributed by atoms with Gasteiger partial charge in [0.15, 0.2) is 0 Å². The third-order valence-corrected chi connectivity index (χ3v) is 4.38. The van der Waals surface area contributed by atoms with Gasteiger partial charge in [0.05, 0.1) is 13.0 Å². The van der Waals surface area contributed by atoms with Gasteiger partial charge >= 0.3 is 5.97 Å². The number of nitrogens with one attached hydrogen (secondary N) is 1. The molecule has 2 rings (SSSR count). The fourth-order valence-corrected chi connectivity index (χ4v) is 2.87. The van der Waals surface area contributed by atoms with Gasteiger partial charge in [-0.2, -0.15) is 0 Å². The molecule has 120 valence electrons. The van der Waals surface area contributed by atoms with Crippen LogP contribution in [0.25, 0.3) is 0 Å². The molecule has 1 aromatic carbocycles. The van der Waals surface area contributed by atoms with Crippen LogP contribution in [0, 0.1) is 11.7 Å². The van der Waals surface area contributed by atoms with Crippen molar-refractivity contribution in [2.45, 2.75) is 25.3 Å². The Morgan fingerprint density at radius 2 is 2.27 bits per heavy atom. The predicted molar refractivity (Wildman–Crippen MR) is 80.9 cm³/mol. The predicted octanol–water partition coefficient (Wildman–Crippen LogP) is 2.13. The molecule has 5 nitrogen and oxygen atoms in total. The first-order valence-corrected chi connectivity index (χ1v) is 7.80. The second kappa shape index (κ2) is 7.69. The van der Waals surface area contributed by atoms with Gasteiger partial charge in [-0.1, -0.05) is 15.9 Å². The minimum atomic E-state index is -1.08. The normalized spacial score (nSPS) is 19.5. The fourth-order valence-electron chi connectivity index (χ4n) is 2.49. The second-order valence-electron chi connectivity index (χ2n) is 5.27. The maximum absolute atomic E-state index is 13.2. The van der Waals surface area contributed by atoms with Crippen LogP contribution in [0.3, 0.4) is 0 Å². The Labute approximate surface area is 136 Å². The van der Waals surface area contributed by atoms with Crippen molar-refractivity contribution in [1.29, 1.82) is 0 Å². The number of carbonyl (C=O) groups excluding carboxylic acids is 1. The van der Waals surface area contributed by atoms with Crippen LogP contribution >= 0.6 is 15.9 Å². The summed E-state index contributed by atoms with van der Waals surface area (Å²) in [6, 6.07) is 3.07. The molecule has 1 amide bonds. The molecule has 1 aliphatic heterocycles. The van der Waals surface area contributed by atoms with Crippen LogP contribution in [0.4, 0.5) is 4.39 Å². The molecule has 22 heavy (non-hydrogen) atoms. The zero-order valence-corrected chi connectivity index (χ0v) is 13.4. The van der Waals surface area contributed by atoms with Gasteiger partial charge in [0.2, 0.25) is 5.91 Å². The Bertz CT molecular complexity index is 560. The zero-order valence-electron chi connectivity index (χ0n) is 11.9. The molecule has 1 aromatic rings. The number of hydrogen-bond donors (Lipinski definition) is 2. The fraction of sp³-hybridized carbons (Fsp3) is 0.467. The van der Waals surface area contributed by atoms with Gasteiger partial charge in [-0.15, -0.1) is 0 Å². The lowest BCUT2D eigenvalue weighted by atomic mass is 9.93. The number of halogens is 2. The van der Waals surface area contributed by atoms with E-state index in [1.807, 2.05) is 0 Å². The van der Waals surface area contributed by atoms with E-state index in [0.29, 0.717) is 29.7 Å². The van der Waals surface area contributed by atoms with Crippen LogP contribution in [0.15, 0.2) is 22.7 Å². The summed E-state index contributed by atoms with van der Waals surface area (Å²) >= 11 is 3.25. The number of carboxylic acid groups (broad SMARTS) is 1. The van der Waals surface area contributed by atoms with Crippen LogP contribution in [0.5, 0.6) is 0 Å². The Hall–Kier alpha value is -1.47. The van der Waals surface area contributed by atoms with E-state index in [4.69, 9.17) is 4.74 Å². The van der Waals surface area contributed by atoms with Gasteiger partial charge in [-0.25, -0.2) is 9.18 Å². The molecule has 2 unspecified atom stereocenters. The van der Waals surface area contributed by atoms with Crippen LogP contribution < -0.4 is 5.32 Å². The number of aliphatic carboxylic acids is 1. The van der Waals surface area contributed by atoms with Gasteiger partial charge in [-0.3, -0.25) is 4.79 Å². The largest absolute Gasteiger partial charge is 0.480 e. The van der Waals surface area contributed by atoms with Crippen molar-refractivity contribution in [3.63, 3.8) is 0 Å². The summed E-state index contributed by atoms with van der Waals surface area (Å²) in [4.78, 5) is 23.4. The molecular weight excluding hydrogens is 357 g/mol. The standard InChI is InChI=1S/C15H17BrFNO4/c16-12-4-3-11(17)6-10(12)7-13(19)18-14(15(20)21)9-2-1-5-22-8-9/h3-4,6,9,14H,1-2,5,7-8H2,(H,18,19)(H,20,21). The highest BCUT2D eigenvalue weighted by Gasteiger charge is 2.31. The van der Waals surface area contributed by atoms with Crippen molar-refractivity contribution >= 4 is 27.8 Å². The first kappa shape index (κ1) is 16.9. The highest BCUT2D eigenvalue weighted by atomic mass is 79.9. The van der Waals surface area contributed by atoms with Gasteiger partial charge in [0.25, 0.3) is 0 Å². The van der Waals surface area contributed by atoms with E-state index in [1.165, 1.54) is 18.2 Å². The second-order valence-corrected chi connectivity index (χ2v) is 6.13. The van der Waals surface area contributed by atoms with E-state index in [2.05, 4.69) is 21.2 Å². The Morgan fingerprint density at radius 1 is 1.50 bits per heavy atom. The van der Waals surface area contributed by atoms with E-state index in [-0.39, 0.29) is 12.3 Å². The van der Waals surface area contributed by atoms with E-state index < -0.39 is 23.7 Å². The number of carbonyl (C=O) groups is 2. The summed E-state index contributed by atoms with van der Waals surface area (Å²) in [5, 5.41) is 11.8. The van der Waals surface area contributed by atoms with E-state index in [9.17, 15) is 19.1 Å². The summed E-state index contributed by atoms with van der Waals surface area (Å²) in [5.41, 5.74) is 0.474. The average Bonchev–Trinajstić information content (AvgIpc) is 2.49. The molecular formula is C15H17BrFNO4. The lowest BCUT2D eigenvalue weighted by Gasteiger charge is -2.28. The molecule has 0 bridgehead atoms. The maximum atomic E-state index is 13.2. The minimum Gasteiger partial charge on any atom is -0.480 e. The van der Waals surface area contributed by atoms with Gasteiger partial charge in [-0.05, 0) is 36.6 Å². The molecule has 1 fully saturated rings. The number of benzene rings is 1. The molecule has 0 saturated carbocycles. The third-order valence-electron chi connectivity index (χ3n) is 3.61. The smallest absolute Gasteiger partial charge is 0.326 e. The summed E-state index contributed by atoms with van der Waals surface area (Å²) in [6.07, 6.45) is 1.39. The highest BCUT2D eigenvalue weighted by Crippen LogP contribution is 2.20. The Balaban J connectivity index is 2.01. The van der Waals surface area contributed by atoms with E-state index in [0.717, 1.165) is 6.42 Å². The molecule has 2 N–H and O–H groups in total. The van der Waals surface area contributed by atoms with Crippen molar-refractivity contribution in [2.24, 2.45) is 5.92 Å². The summed E-state index contributed by atoms with van der Waals surface area (Å²) in [6.45, 7) is 0.938. The monoisotopic (exact) mass is 373 g/mol. The number of amides is 1. The minimum absolute atomic E-state index is 0.0876. The van der Waals surface area contributed by atoms with Crippen LogP contribution in [-0.4, -0.2) is 36.2 Å².